The van der Waals surface area contributed by atoms with E-state index in [9.17, 15) is 5.26 Å². The van der Waals surface area contributed by atoms with Crippen LogP contribution in [0.1, 0.15) is 58.2 Å². The molecule has 2 aromatic carbocycles. The van der Waals surface area contributed by atoms with E-state index in [0.29, 0.717) is 17.2 Å². The first-order valence-corrected chi connectivity index (χ1v) is 11.1. The minimum atomic E-state index is -0.112. The standard InChI is InChI=1S/C29H29N3O/c1-28(2,3)22-11-12-31-24(15-22)25-16-23(29(4,5)6)17-27(32-25)33-26-14-20-10-8-7-9-19(20)13-21(26)18-30/h7-17H,1-6H3. The van der Waals surface area contributed by atoms with Crippen LogP contribution in [-0.4, -0.2) is 9.97 Å². The molecule has 0 aliphatic carbocycles. The van der Waals surface area contributed by atoms with Gasteiger partial charge in [0, 0.05) is 12.3 Å². The molecule has 0 atom stereocenters. The van der Waals surface area contributed by atoms with Crippen molar-refractivity contribution < 1.29 is 4.74 Å². The molecule has 0 unspecified atom stereocenters. The van der Waals surface area contributed by atoms with Gasteiger partial charge >= 0.3 is 0 Å². The summed E-state index contributed by atoms with van der Waals surface area (Å²) in [6, 6.07) is 22.1. The van der Waals surface area contributed by atoms with E-state index < -0.39 is 0 Å². The molecule has 0 amide bonds. The summed E-state index contributed by atoms with van der Waals surface area (Å²) < 4.78 is 6.24. The van der Waals surface area contributed by atoms with Crippen molar-refractivity contribution in [2.24, 2.45) is 0 Å². The number of nitriles is 1. The highest BCUT2D eigenvalue weighted by molar-refractivity contribution is 5.86. The van der Waals surface area contributed by atoms with Crippen LogP contribution >= 0.6 is 0 Å². The van der Waals surface area contributed by atoms with Crippen molar-refractivity contribution in [3.05, 3.63) is 83.6 Å². The molecule has 0 fully saturated rings. The molecule has 0 saturated heterocycles. The highest BCUT2D eigenvalue weighted by Crippen LogP contribution is 2.34. The Balaban J connectivity index is 1.84. The average Bonchev–Trinajstić information content (AvgIpc) is 2.77. The second kappa shape index (κ2) is 8.33. The molecule has 33 heavy (non-hydrogen) atoms. The van der Waals surface area contributed by atoms with Crippen LogP contribution in [0.3, 0.4) is 0 Å². The molecule has 4 heteroatoms. The topological polar surface area (TPSA) is 58.8 Å². The number of hydrogen-bond donors (Lipinski definition) is 0. The Morgan fingerprint density at radius 2 is 1.39 bits per heavy atom. The van der Waals surface area contributed by atoms with Crippen molar-refractivity contribution in [1.82, 2.24) is 9.97 Å². The lowest BCUT2D eigenvalue weighted by Gasteiger charge is -2.22. The molecule has 0 radical (unpaired) electrons. The van der Waals surface area contributed by atoms with Crippen LogP contribution < -0.4 is 4.74 Å². The monoisotopic (exact) mass is 435 g/mol. The van der Waals surface area contributed by atoms with Gasteiger partial charge in [0.2, 0.25) is 5.88 Å². The number of nitrogens with zero attached hydrogens (tertiary/aromatic N) is 3. The third-order valence-electron chi connectivity index (χ3n) is 5.74. The van der Waals surface area contributed by atoms with Crippen LogP contribution in [0.15, 0.2) is 66.9 Å². The largest absolute Gasteiger partial charge is 0.438 e. The van der Waals surface area contributed by atoms with Crippen molar-refractivity contribution in [2.45, 2.75) is 52.4 Å². The zero-order valence-corrected chi connectivity index (χ0v) is 20.1. The Kier molecular flexibility index (Phi) is 5.68. The van der Waals surface area contributed by atoms with Gasteiger partial charge in [-0.2, -0.15) is 5.26 Å². The normalized spacial score (nSPS) is 11.9. The van der Waals surface area contributed by atoms with Crippen molar-refractivity contribution in [3.63, 3.8) is 0 Å². The van der Waals surface area contributed by atoms with E-state index in [4.69, 9.17) is 9.72 Å². The molecular formula is C29H29N3O. The molecule has 0 spiro atoms. The first-order valence-electron chi connectivity index (χ1n) is 11.1. The third-order valence-corrected chi connectivity index (χ3v) is 5.74. The third kappa shape index (κ3) is 4.88. The predicted octanol–water partition coefficient (Wildman–Crippen LogP) is 7.56. The molecule has 4 nitrogen and oxygen atoms in total. The lowest BCUT2D eigenvalue weighted by molar-refractivity contribution is 0.458. The van der Waals surface area contributed by atoms with Gasteiger partial charge in [-0.25, -0.2) is 4.98 Å². The van der Waals surface area contributed by atoms with Gasteiger partial charge in [0.1, 0.15) is 11.8 Å². The first kappa shape index (κ1) is 22.5. The number of benzene rings is 2. The minimum Gasteiger partial charge on any atom is -0.438 e. The fourth-order valence-corrected chi connectivity index (χ4v) is 3.66. The molecule has 2 heterocycles. The Hall–Kier alpha value is -3.71. The molecule has 0 bridgehead atoms. The van der Waals surface area contributed by atoms with E-state index in [2.05, 4.69) is 64.7 Å². The van der Waals surface area contributed by atoms with Crippen molar-refractivity contribution in [1.29, 1.82) is 5.26 Å². The summed E-state index contributed by atoms with van der Waals surface area (Å²) in [6.45, 7) is 13.0. The zero-order valence-electron chi connectivity index (χ0n) is 20.1. The summed E-state index contributed by atoms with van der Waals surface area (Å²) in [4.78, 5) is 9.40. The summed E-state index contributed by atoms with van der Waals surface area (Å²) in [7, 11) is 0. The van der Waals surface area contributed by atoms with Crippen molar-refractivity contribution in [2.75, 3.05) is 0 Å². The van der Waals surface area contributed by atoms with Crippen LogP contribution in [0, 0.1) is 11.3 Å². The van der Waals surface area contributed by atoms with Gasteiger partial charge in [-0.1, -0.05) is 65.8 Å². The Labute approximate surface area is 195 Å². The molecular weight excluding hydrogens is 406 g/mol. The van der Waals surface area contributed by atoms with Crippen LogP contribution in [-0.2, 0) is 10.8 Å². The molecule has 0 aliphatic rings. The fraction of sp³-hybridized carbons (Fsp3) is 0.276. The molecule has 0 aliphatic heterocycles. The number of hydrogen-bond acceptors (Lipinski definition) is 4. The van der Waals surface area contributed by atoms with Gasteiger partial charge in [0.15, 0.2) is 0 Å². The van der Waals surface area contributed by atoms with Gasteiger partial charge in [0.25, 0.3) is 0 Å². The van der Waals surface area contributed by atoms with E-state index in [1.54, 1.807) is 0 Å². The van der Waals surface area contributed by atoms with E-state index in [1.807, 2.05) is 54.7 Å². The van der Waals surface area contributed by atoms with Gasteiger partial charge in [-0.15, -0.1) is 0 Å². The lowest BCUT2D eigenvalue weighted by atomic mass is 9.86. The van der Waals surface area contributed by atoms with E-state index in [-0.39, 0.29) is 10.8 Å². The smallest absolute Gasteiger partial charge is 0.220 e. The molecule has 166 valence electrons. The van der Waals surface area contributed by atoms with Crippen LogP contribution in [0.25, 0.3) is 22.2 Å². The number of aromatic nitrogens is 2. The summed E-state index contributed by atoms with van der Waals surface area (Å²) in [5.74, 6) is 0.948. The predicted molar refractivity (Wildman–Crippen MR) is 134 cm³/mol. The fourth-order valence-electron chi connectivity index (χ4n) is 3.66. The maximum Gasteiger partial charge on any atom is 0.220 e. The Morgan fingerprint density at radius 3 is 2.03 bits per heavy atom. The summed E-state index contributed by atoms with van der Waals surface area (Å²) in [6.07, 6.45) is 1.83. The highest BCUT2D eigenvalue weighted by atomic mass is 16.5. The highest BCUT2D eigenvalue weighted by Gasteiger charge is 2.20. The maximum atomic E-state index is 9.72. The maximum absolute atomic E-state index is 9.72. The quantitative estimate of drug-likeness (QED) is 0.333. The molecule has 4 rings (SSSR count). The summed E-state index contributed by atoms with van der Waals surface area (Å²) >= 11 is 0. The van der Waals surface area contributed by atoms with Crippen molar-refractivity contribution in [3.8, 4) is 29.1 Å². The first-order chi connectivity index (χ1) is 15.5. The van der Waals surface area contributed by atoms with Gasteiger partial charge in [-0.3, -0.25) is 4.98 Å². The molecule has 4 aromatic rings. The summed E-state index contributed by atoms with van der Waals surface area (Å²) in [5.41, 5.74) is 4.21. The SMILES string of the molecule is CC(C)(C)c1ccnc(-c2cc(C(C)(C)C)cc(Oc3cc4ccccc4cc3C#N)n2)c1. The minimum absolute atomic E-state index is 0.00541. The van der Waals surface area contributed by atoms with Crippen molar-refractivity contribution >= 4 is 10.8 Å². The Morgan fingerprint density at radius 1 is 0.758 bits per heavy atom. The molecule has 0 N–H and O–H groups in total. The molecule has 2 aromatic heterocycles. The van der Waals surface area contributed by atoms with Gasteiger partial charge in [-0.05, 0) is 63.1 Å². The zero-order chi connectivity index (χ0) is 23.8. The van der Waals surface area contributed by atoms with E-state index >= 15 is 0 Å². The van der Waals surface area contributed by atoms with Crippen LogP contribution in [0.2, 0.25) is 0 Å². The van der Waals surface area contributed by atoms with E-state index in [0.717, 1.165) is 27.7 Å². The van der Waals surface area contributed by atoms with Gasteiger partial charge in [0.05, 0.1) is 17.0 Å². The average molecular weight is 436 g/mol. The van der Waals surface area contributed by atoms with Gasteiger partial charge < -0.3 is 4.74 Å². The van der Waals surface area contributed by atoms with Crippen LogP contribution in [0.4, 0.5) is 0 Å². The number of rotatable bonds is 3. The number of fused-ring (bicyclic) bond motifs is 1. The van der Waals surface area contributed by atoms with E-state index in [1.165, 1.54) is 5.56 Å². The number of ether oxygens (including phenoxy) is 1. The summed E-state index contributed by atoms with van der Waals surface area (Å²) in [5, 5.41) is 11.7. The molecule has 0 saturated carbocycles. The lowest BCUT2D eigenvalue weighted by Crippen LogP contribution is -2.13. The van der Waals surface area contributed by atoms with Crippen LogP contribution in [0.5, 0.6) is 11.6 Å². The second-order valence-corrected chi connectivity index (χ2v) is 10.4. The Bertz CT molecular complexity index is 1370. The second-order valence-electron chi connectivity index (χ2n) is 10.4. The number of pyridine rings is 2.